The Morgan fingerprint density at radius 1 is 1.10 bits per heavy atom. The standard InChI is InChI=1S/C22H33N5O4/c1-5-27-19(29)21(6-10-26(11-7-21)20(30)24(3)4)15-22(27)8-12-25(13-9-22)18(28)17-14-16(2)31-23-17/h14H,5-13,15H2,1-4H3. The maximum absolute atomic E-state index is 13.5. The predicted molar refractivity (Wildman–Crippen MR) is 113 cm³/mol. The van der Waals surface area contributed by atoms with Gasteiger partial charge in [0.05, 0.1) is 5.41 Å². The van der Waals surface area contributed by atoms with E-state index in [1.54, 1.807) is 32.0 Å². The number of amides is 4. The molecule has 3 fully saturated rings. The van der Waals surface area contributed by atoms with Gasteiger partial charge in [-0.3, -0.25) is 9.59 Å². The minimum atomic E-state index is -0.380. The predicted octanol–water partition coefficient (Wildman–Crippen LogP) is 1.97. The topological polar surface area (TPSA) is 90.2 Å². The van der Waals surface area contributed by atoms with Gasteiger partial charge in [-0.25, -0.2) is 4.79 Å². The van der Waals surface area contributed by atoms with Crippen molar-refractivity contribution in [1.29, 1.82) is 0 Å². The Balaban J connectivity index is 1.45. The lowest BCUT2D eigenvalue weighted by molar-refractivity contribution is -0.140. The van der Waals surface area contributed by atoms with Crippen LogP contribution in [0, 0.1) is 12.3 Å². The number of nitrogens with zero attached hydrogens (tertiary/aromatic N) is 5. The number of hydrogen-bond donors (Lipinski definition) is 0. The Bertz CT molecular complexity index is 863. The number of carbonyl (C=O) groups is 3. The first-order valence-electron chi connectivity index (χ1n) is 11.2. The van der Waals surface area contributed by atoms with Gasteiger partial charge in [-0.05, 0) is 46.0 Å². The van der Waals surface area contributed by atoms with Crippen molar-refractivity contribution in [3.63, 3.8) is 0 Å². The van der Waals surface area contributed by atoms with Crippen molar-refractivity contribution in [3.05, 3.63) is 17.5 Å². The summed E-state index contributed by atoms with van der Waals surface area (Å²) in [5.74, 6) is 0.750. The second kappa shape index (κ2) is 7.84. The Kier molecular flexibility index (Phi) is 5.47. The second-order valence-electron chi connectivity index (χ2n) is 9.51. The molecule has 0 radical (unpaired) electrons. The zero-order valence-corrected chi connectivity index (χ0v) is 19.0. The summed E-state index contributed by atoms with van der Waals surface area (Å²) in [6, 6.07) is 1.68. The number of hydrogen-bond acceptors (Lipinski definition) is 5. The van der Waals surface area contributed by atoms with Gasteiger partial charge in [0.1, 0.15) is 5.76 Å². The molecule has 0 atom stereocenters. The van der Waals surface area contributed by atoms with E-state index in [4.69, 9.17) is 4.52 Å². The number of likely N-dealkylation sites (tertiary alicyclic amines) is 3. The summed E-state index contributed by atoms with van der Waals surface area (Å²) in [6.07, 6.45) is 3.80. The Morgan fingerprint density at radius 2 is 1.71 bits per heavy atom. The Hall–Kier alpha value is -2.58. The molecule has 3 saturated heterocycles. The molecule has 0 N–H and O–H groups in total. The van der Waals surface area contributed by atoms with Gasteiger partial charge in [-0.15, -0.1) is 0 Å². The average Bonchev–Trinajstić information content (AvgIpc) is 3.28. The zero-order chi connectivity index (χ0) is 22.4. The zero-order valence-electron chi connectivity index (χ0n) is 19.0. The molecule has 4 rings (SSSR count). The number of aromatic nitrogens is 1. The van der Waals surface area contributed by atoms with Gasteiger partial charge < -0.3 is 24.1 Å². The first-order valence-corrected chi connectivity index (χ1v) is 11.2. The molecule has 4 heterocycles. The van der Waals surface area contributed by atoms with Gasteiger partial charge in [0.25, 0.3) is 5.91 Å². The third-order valence-corrected chi connectivity index (χ3v) is 7.46. The molecule has 31 heavy (non-hydrogen) atoms. The number of piperidine rings is 2. The van der Waals surface area contributed by atoms with Gasteiger partial charge in [-0.2, -0.15) is 0 Å². The molecule has 9 heteroatoms. The van der Waals surface area contributed by atoms with Crippen LogP contribution in [0.5, 0.6) is 0 Å². The van der Waals surface area contributed by atoms with Crippen LogP contribution in [-0.2, 0) is 4.79 Å². The van der Waals surface area contributed by atoms with E-state index in [2.05, 4.69) is 10.1 Å². The quantitative estimate of drug-likeness (QED) is 0.714. The van der Waals surface area contributed by atoms with Crippen LogP contribution in [0.1, 0.15) is 55.3 Å². The molecular weight excluding hydrogens is 398 g/mol. The van der Waals surface area contributed by atoms with Crippen LogP contribution in [0.3, 0.4) is 0 Å². The average molecular weight is 432 g/mol. The summed E-state index contributed by atoms with van der Waals surface area (Å²) in [6.45, 7) is 6.94. The van der Waals surface area contributed by atoms with Gasteiger partial charge in [0, 0.05) is 58.4 Å². The highest BCUT2D eigenvalue weighted by molar-refractivity contribution is 5.92. The molecule has 0 aliphatic carbocycles. The minimum absolute atomic E-state index is 0.0114. The van der Waals surface area contributed by atoms with Gasteiger partial charge in [-0.1, -0.05) is 5.16 Å². The van der Waals surface area contributed by atoms with Crippen molar-refractivity contribution in [3.8, 4) is 0 Å². The normalized spacial score (nSPS) is 22.5. The molecule has 1 aromatic rings. The van der Waals surface area contributed by atoms with Crippen LogP contribution >= 0.6 is 0 Å². The van der Waals surface area contributed by atoms with Crippen LogP contribution in [-0.4, -0.2) is 95.0 Å². The molecule has 4 amide bonds. The lowest BCUT2D eigenvalue weighted by Gasteiger charge is -2.44. The molecule has 3 aliphatic heterocycles. The summed E-state index contributed by atoms with van der Waals surface area (Å²) in [5, 5.41) is 3.86. The largest absolute Gasteiger partial charge is 0.361 e. The van der Waals surface area contributed by atoms with Crippen molar-refractivity contribution in [2.75, 3.05) is 46.8 Å². The highest BCUT2D eigenvalue weighted by Gasteiger charge is 2.59. The molecule has 0 unspecified atom stereocenters. The molecule has 170 valence electrons. The molecule has 9 nitrogen and oxygen atoms in total. The van der Waals surface area contributed by atoms with Gasteiger partial charge in [0.15, 0.2) is 5.69 Å². The summed E-state index contributed by atoms with van der Waals surface area (Å²) in [7, 11) is 3.52. The third kappa shape index (κ3) is 3.57. The van der Waals surface area contributed by atoms with Crippen LogP contribution in [0.15, 0.2) is 10.6 Å². The van der Waals surface area contributed by atoms with Crippen LogP contribution < -0.4 is 0 Å². The minimum Gasteiger partial charge on any atom is -0.361 e. The summed E-state index contributed by atoms with van der Waals surface area (Å²) in [4.78, 5) is 46.0. The smallest absolute Gasteiger partial charge is 0.319 e. The molecular formula is C22H33N5O4. The van der Waals surface area contributed by atoms with E-state index < -0.39 is 0 Å². The van der Waals surface area contributed by atoms with Crippen LogP contribution in [0.25, 0.3) is 0 Å². The van der Waals surface area contributed by atoms with Crippen molar-refractivity contribution in [1.82, 2.24) is 24.8 Å². The van der Waals surface area contributed by atoms with Crippen molar-refractivity contribution < 1.29 is 18.9 Å². The van der Waals surface area contributed by atoms with E-state index >= 15 is 0 Å². The molecule has 0 bridgehead atoms. The fraction of sp³-hybridized carbons (Fsp3) is 0.727. The number of aryl methyl sites for hydroxylation is 1. The fourth-order valence-electron chi connectivity index (χ4n) is 5.78. The van der Waals surface area contributed by atoms with Gasteiger partial charge in [0.2, 0.25) is 5.91 Å². The maximum atomic E-state index is 13.5. The van der Waals surface area contributed by atoms with Crippen molar-refractivity contribution in [2.45, 2.75) is 51.5 Å². The monoisotopic (exact) mass is 431 g/mol. The molecule has 0 aromatic carbocycles. The van der Waals surface area contributed by atoms with E-state index in [1.807, 2.05) is 16.7 Å². The van der Waals surface area contributed by atoms with Crippen LogP contribution in [0.4, 0.5) is 4.79 Å². The fourth-order valence-corrected chi connectivity index (χ4v) is 5.78. The lowest BCUT2D eigenvalue weighted by atomic mass is 9.71. The molecule has 2 spiro atoms. The summed E-state index contributed by atoms with van der Waals surface area (Å²) < 4.78 is 5.05. The lowest BCUT2D eigenvalue weighted by Crippen LogP contribution is -2.54. The molecule has 0 saturated carbocycles. The summed E-state index contributed by atoms with van der Waals surface area (Å²) >= 11 is 0. The third-order valence-electron chi connectivity index (χ3n) is 7.46. The van der Waals surface area contributed by atoms with E-state index in [9.17, 15) is 14.4 Å². The molecule has 3 aliphatic rings. The maximum Gasteiger partial charge on any atom is 0.319 e. The van der Waals surface area contributed by atoms with E-state index in [0.29, 0.717) is 57.0 Å². The summed E-state index contributed by atoms with van der Waals surface area (Å²) in [5.41, 5.74) is -0.234. The molecule has 1 aromatic heterocycles. The van der Waals surface area contributed by atoms with E-state index in [0.717, 1.165) is 19.3 Å². The van der Waals surface area contributed by atoms with E-state index in [1.165, 1.54) is 0 Å². The Morgan fingerprint density at radius 3 is 2.23 bits per heavy atom. The number of rotatable bonds is 2. The number of carbonyl (C=O) groups excluding carboxylic acids is 3. The van der Waals surface area contributed by atoms with E-state index in [-0.39, 0.29) is 28.8 Å². The first kappa shape index (κ1) is 21.6. The first-order chi connectivity index (χ1) is 14.7. The highest BCUT2D eigenvalue weighted by Crippen LogP contribution is 2.52. The Labute approximate surface area is 183 Å². The van der Waals surface area contributed by atoms with Gasteiger partial charge >= 0.3 is 6.03 Å². The van der Waals surface area contributed by atoms with Crippen LogP contribution in [0.2, 0.25) is 0 Å². The van der Waals surface area contributed by atoms with Crippen molar-refractivity contribution in [2.24, 2.45) is 5.41 Å². The number of urea groups is 1. The highest BCUT2D eigenvalue weighted by atomic mass is 16.5. The SMILES string of the molecule is CCN1C(=O)C2(CCN(C(=O)N(C)C)CC2)CC12CCN(C(=O)c1cc(C)on1)CC2. The second-order valence-corrected chi connectivity index (χ2v) is 9.51. The van der Waals surface area contributed by atoms with Crippen molar-refractivity contribution >= 4 is 17.8 Å².